The molecule has 8 heteroatoms. The summed E-state index contributed by atoms with van der Waals surface area (Å²) in [6.07, 6.45) is 6.89. The van der Waals surface area contributed by atoms with Gasteiger partial charge in [0, 0.05) is 23.4 Å². The maximum atomic E-state index is 13.7. The molecule has 3 aromatic rings. The van der Waals surface area contributed by atoms with Crippen molar-refractivity contribution in [1.29, 1.82) is 0 Å². The number of fused-ring (bicyclic) bond motifs is 1. The van der Waals surface area contributed by atoms with Gasteiger partial charge in [-0.05, 0) is 42.7 Å². The molecule has 31 heavy (non-hydrogen) atoms. The van der Waals surface area contributed by atoms with Gasteiger partial charge in [0.25, 0.3) is 0 Å². The van der Waals surface area contributed by atoms with Gasteiger partial charge < -0.3 is 14.8 Å². The molecule has 1 aromatic carbocycles. The zero-order chi connectivity index (χ0) is 22.0. The number of hydrogen-bond donors (Lipinski definition) is 1. The third kappa shape index (κ3) is 3.60. The third-order valence-electron chi connectivity index (χ3n) is 6.01. The van der Waals surface area contributed by atoms with Gasteiger partial charge >= 0.3 is 0 Å². The molecule has 1 saturated heterocycles. The molecule has 1 aliphatic carbocycles. The van der Waals surface area contributed by atoms with Gasteiger partial charge in [-0.3, -0.25) is 0 Å². The molecule has 0 bridgehead atoms. The van der Waals surface area contributed by atoms with Crippen LogP contribution in [0.4, 0.5) is 10.2 Å². The van der Waals surface area contributed by atoms with Crippen molar-refractivity contribution in [3.8, 4) is 11.1 Å². The number of nitrogens with zero attached hydrogens (tertiary/aromatic N) is 3. The van der Waals surface area contributed by atoms with Gasteiger partial charge in [-0.2, -0.15) is 9.61 Å². The van der Waals surface area contributed by atoms with Gasteiger partial charge in [0.2, 0.25) is 0 Å². The Morgan fingerprint density at radius 3 is 2.68 bits per heavy atom. The van der Waals surface area contributed by atoms with E-state index in [1.165, 1.54) is 12.1 Å². The molecule has 1 N–H and O–H groups in total. The molecule has 1 fully saturated rings. The zero-order valence-corrected chi connectivity index (χ0v) is 18.6. The van der Waals surface area contributed by atoms with Crippen molar-refractivity contribution in [2.24, 2.45) is 5.41 Å². The van der Waals surface area contributed by atoms with E-state index in [0.29, 0.717) is 22.8 Å². The predicted molar refractivity (Wildman–Crippen MR) is 118 cm³/mol. The lowest BCUT2D eigenvalue weighted by atomic mass is 9.88. The van der Waals surface area contributed by atoms with Crippen LogP contribution in [0.3, 0.4) is 0 Å². The highest BCUT2D eigenvalue weighted by Gasteiger charge is 2.46. The van der Waals surface area contributed by atoms with Crippen LogP contribution in [-0.2, 0) is 9.47 Å². The Hall–Kier alpha value is -2.48. The first-order valence-electron chi connectivity index (χ1n) is 10.3. The molecule has 2 aromatic heterocycles. The Balaban J connectivity index is 1.63. The Bertz CT molecular complexity index is 1190. The molecular formula is C23H24ClFN4O2. The second-order valence-electron chi connectivity index (χ2n) is 9.26. The van der Waals surface area contributed by atoms with E-state index in [9.17, 15) is 4.39 Å². The Morgan fingerprint density at radius 1 is 1.26 bits per heavy atom. The summed E-state index contributed by atoms with van der Waals surface area (Å²) in [4.78, 5) is 4.65. The van der Waals surface area contributed by atoms with E-state index in [1.54, 1.807) is 23.0 Å². The number of hydrogen-bond acceptors (Lipinski definition) is 5. The summed E-state index contributed by atoms with van der Waals surface area (Å²) in [5.74, 6) is 0.337. The van der Waals surface area contributed by atoms with Gasteiger partial charge in [-0.25, -0.2) is 9.37 Å². The summed E-state index contributed by atoms with van der Waals surface area (Å²) in [6.45, 7) is 9.07. The molecule has 1 spiro atoms. The largest absolute Gasteiger partial charge is 0.366 e. The van der Waals surface area contributed by atoms with E-state index >= 15 is 0 Å². The van der Waals surface area contributed by atoms with Crippen molar-refractivity contribution in [2.75, 3.05) is 11.9 Å². The van der Waals surface area contributed by atoms with Crippen molar-refractivity contribution < 1.29 is 13.9 Å². The van der Waals surface area contributed by atoms with Crippen LogP contribution in [0.25, 0.3) is 16.8 Å². The van der Waals surface area contributed by atoms with E-state index in [4.69, 9.17) is 21.1 Å². The van der Waals surface area contributed by atoms with Crippen molar-refractivity contribution >= 4 is 23.1 Å². The molecule has 0 amide bonds. The predicted octanol–water partition coefficient (Wildman–Crippen LogP) is 5.39. The van der Waals surface area contributed by atoms with Crippen molar-refractivity contribution in [1.82, 2.24) is 14.6 Å². The maximum absolute atomic E-state index is 13.7. The topological polar surface area (TPSA) is 60.7 Å². The number of rotatable bonds is 4. The average Bonchev–Trinajstić information content (AvgIpc) is 3.12. The van der Waals surface area contributed by atoms with E-state index in [2.05, 4.69) is 43.1 Å². The molecule has 162 valence electrons. The van der Waals surface area contributed by atoms with Crippen LogP contribution < -0.4 is 5.32 Å². The summed E-state index contributed by atoms with van der Waals surface area (Å²) >= 11 is 6.39. The standard InChI is InChI=1S/C23H24ClFN4O2/c1-13(22(2,3)4)28-20-16(15-6-5-14(25)9-18(15)24)10-26-19-17(11-27-29(19)20)21-30-12-23(31-21)7-8-23/h5-11,13,21,28H,12H2,1-4H3. The normalized spacial score (nSPS) is 20.5. The minimum Gasteiger partial charge on any atom is -0.366 e. The number of aromatic nitrogens is 3. The second-order valence-corrected chi connectivity index (χ2v) is 9.67. The number of halogens is 2. The summed E-state index contributed by atoms with van der Waals surface area (Å²) in [7, 11) is 0. The lowest BCUT2D eigenvalue weighted by Crippen LogP contribution is -2.32. The molecule has 2 aliphatic rings. The second kappa shape index (κ2) is 7.02. The zero-order valence-electron chi connectivity index (χ0n) is 17.8. The highest BCUT2D eigenvalue weighted by molar-refractivity contribution is 6.33. The minimum absolute atomic E-state index is 0.0167. The fourth-order valence-electron chi connectivity index (χ4n) is 3.47. The van der Waals surface area contributed by atoms with Crippen LogP contribution >= 0.6 is 11.6 Å². The first-order valence-corrected chi connectivity index (χ1v) is 10.6. The van der Waals surface area contributed by atoms with E-state index in [0.717, 1.165) is 16.9 Å². The molecular weight excluding hydrogens is 419 g/mol. The van der Waals surface area contributed by atoms with Crippen LogP contribution in [0.1, 0.15) is 39.5 Å². The SMILES string of the molecule is CC(Nc1c(-c2ccc(F)cc2Cl)cnc2c(C3OCC4(C=C4)O3)cnn12)C(C)(C)C. The fraction of sp³-hybridized carbons (Fsp3) is 0.391. The Morgan fingerprint density at radius 2 is 2.03 bits per heavy atom. The van der Waals surface area contributed by atoms with Gasteiger partial charge in [0.1, 0.15) is 17.2 Å². The summed E-state index contributed by atoms with van der Waals surface area (Å²) < 4.78 is 27.3. The smallest absolute Gasteiger partial charge is 0.190 e. The van der Waals surface area contributed by atoms with Gasteiger partial charge in [0.05, 0.1) is 23.4 Å². The van der Waals surface area contributed by atoms with Crippen LogP contribution in [-0.4, -0.2) is 32.8 Å². The van der Waals surface area contributed by atoms with E-state index in [1.807, 2.05) is 12.2 Å². The number of benzene rings is 1. The van der Waals surface area contributed by atoms with E-state index in [-0.39, 0.29) is 22.9 Å². The molecule has 1 aliphatic heterocycles. The van der Waals surface area contributed by atoms with Crippen LogP contribution in [0.5, 0.6) is 0 Å². The molecule has 0 saturated carbocycles. The quantitative estimate of drug-likeness (QED) is 0.549. The number of ether oxygens (including phenoxy) is 2. The highest BCUT2D eigenvalue weighted by Crippen LogP contribution is 2.43. The summed E-state index contributed by atoms with van der Waals surface area (Å²) in [5, 5.41) is 8.48. The lowest BCUT2D eigenvalue weighted by molar-refractivity contribution is -0.0598. The average molecular weight is 443 g/mol. The van der Waals surface area contributed by atoms with Gasteiger partial charge in [-0.1, -0.05) is 32.4 Å². The van der Waals surface area contributed by atoms with Crippen molar-refractivity contribution in [3.63, 3.8) is 0 Å². The molecule has 3 heterocycles. The first-order chi connectivity index (χ1) is 14.7. The highest BCUT2D eigenvalue weighted by atomic mass is 35.5. The minimum atomic E-state index is -0.534. The third-order valence-corrected chi connectivity index (χ3v) is 6.32. The number of nitrogens with one attached hydrogen (secondary N) is 1. The van der Waals surface area contributed by atoms with Gasteiger partial charge in [0.15, 0.2) is 11.9 Å². The Kier molecular flexibility index (Phi) is 4.62. The maximum Gasteiger partial charge on any atom is 0.190 e. The molecule has 2 unspecified atom stereocenters. The first kappa shape index (κ1) is 20.4. The Labute approximate surface area is 185 Å². The van der Waals surface area contributed by atoms with Crippen LogP contribution in [0.15, 0.2) is 42.7 Å². The monoisotopic (exact) mass is 442 g/mol. The fourth-order valence-corrected chi connectivity index (χ4v) is 3.74. The van der Waals surface area contributed by atoms with Crippen LogP contribution in [0, 0.1) is 11.2 Å². The molecule has 5 rings (SSSR count). The van der Waals surface area contributed by atoms with Gasteiger partial charge in [-0.15, -0.1) is 0 Å². The molecule has 0 radical (unpaired) electrons. The summed E-state index contributed by atoms with van der Waals surface area (Å²) in [5.41, 5.74) is 2.41. The van der Waals surface area contributed by atoms with Crippen molar-refractivity contribution in [3.05, 3.63) is 59.1 Å². The number of anilines is 1. The molecule has 6 nitrogen and oxygen atoms in total. The van der Waals surface area contributed by atoms with Crippen molar-refractivity contribution in [2.45, 2.75) is 45.6 Å². The lowest BCUT2D eigenvalue weighted by Gasteiger charge is -2.30. The van der Waals surface area contributed by atoms with Crippen LogP contribution in [0.2, 0.25) is 5.02 Å². The van der Waals surface area contributed by atoms with E-state index < -0.39 is 6.29 Å². The molecule has 2 atom stereocenters. The summed E-state index contributed by atoms with van der Waals surface area (Å²) in [6, 6.07) is 4.44.